The topological polar surface area (TPSA) is 122 Å². The van der Waals surface area contributed by atoms with E-state index in [0.29, 0.717) is 0 Å². The molecule has 0 aliphatic rings. The van der Waals surface area contributed by atoms with Gasteiger partial charge in [-0.3, -0.25) is 20.2 Å². The number of nitro groups is 2. The highest BCUT2D eigenvalue weighted by Crippen LogP contribution is 2.28. The molecule has 0 radical (unpaired) electrons. The number of carbonyl (C=O) groups excluding carboxylic acids is 1. The zero-order valence-corrected chi connectivity index (χ0v) is 12.7. The number of ether oxygens (including phenoxy) is 2. The number of benzene rings is 2. The summed E-state index contributed by atoms with van der Waals surface area (Å²) in [5.41, 5.74) is -0.247. The molecule has 0 saturated carbocycles. The lowest BCUT2D eigenvalue weighted by molar-refractivity contribution is -0.386. The first-order chi connectivity index (χ1) is 11.9. The van der Waals surface area contributed by atoms with Crippen molar-refractivity contribution in [2.24, 2.45) is 0 Å². The van der Waals surface area contributed by atoms with E-state index in [9.17, 15) is 25.0 Å². The summed E-state index contributed by atoms with van der Waals surface area (Å²) >= 11 is 0. The van der Waals surface area contributed by atoms with Gasteiger partial charge in [0, 0.05) is 18.2 Å². The first kappa shape index (κ1) is 17.6. The molecule has 0 spiro atoms. The Labute approximate surface area is 141 Å². The number of hydrogen-bond acceptors (Lipinski definition) is 7. The molecule has 0 fully saturated rings. The van der Waals surface area contributed by atoms with Gasteiger partial charge >= 0.3 is 6.16 Å². The maximum atomic E-state index is 11.9. The third-order valence-electron chi connectivity index (χ3n) is 3.13. The quantitative estimate of drug-likeness (QED) is 0.256. The van der Waals surface area contributed by atoms with E-state index in [-0.39, 0.29) is 22.7 Å². The molecule has 0 aliphatic carbocycles. The molecule has 0 amide bonds. The van der Waals surface area contributed by atoms with Gasteiger partial charge in [0.2, 0.25) is 0 Å². The summed E-state index contributed by atoms with van der Waals surface area (Å²) in [6.45, 7) is 3.50. The molecular weight excluding hydrogens is 332 g/mol. The lowest BCUT2D eigenvalue weighted by Crippen LogP contribution is -2.15. The SMILES string of the molecule is C=CC(OC(=O)Oc1ccc([N+](=O)[O-])cc1)c1ccccc1[N+](=O)[O-]. The average Bonchev–Trinajstić information content (AvgIpc) is 2.60. The van der Waals surface area contributed by atoms with Crippen molar-refractivity contribution >= 4 is 17.5 Å². The Hall–Kier alpha value is -3.75. The van der Waals surface area contributed by atoms with Crippen LogP contribution in [0.2, 0.25) is 0 Å². The van der Waals surface area contributed by atoms with Crippen LogP contribution >= 0.6 is 0 Å². The number of hydrogen-bond donors (Lipinski definition) is 0. The summed E-state index contributed by atoms with van der Waals surface area (Å²) < 4.78 is 9.94. The van der Waals surface area contributed by atoms with E-state index < -0.39 is 22.1 Å². The lowest BCUT2D eigenvalue weighted by Gasteiger charge is -2.14. The Kier molecular flexibility index (Phi) is 5.41. The minimum atomic E-state index is -1.13. The zero-order chi connectivity index (χ0) is 18.4. The fraction of sp³-hybridized carbons (Fsp3) is 0.0625. The van der Waals surface area contributed by atoms with Gasteiger partial charge in [-0.25, -0.2) is 4.79 Å². The van der Waals surface area contributed by atoms with Gasteiger partial charge in [0.1, 0.15) is 5.75 Å². The minimum absolute atomic E-state index is 0.0287. The monoisotopic (exact) mass is 344 g/mol. The van der Waals surface area contributed by atoms with Crippen LogP contribution in [0.4, 0.5) is 16.2 Å². The first-order valence-corrected chi connectivity index (χ1v) is 6.91. The molecule has 1 unspecified atom stereocenters. The molecule has 0 aliphatic heterocycles. The second kappa shape index (κ2) is 7.68. The fourth-order valence-electron chi connectivity index (χ4n) is 1.99. The summed E-state index contributed by atoms with van der Waals surface area (Å²) in [6.07, 6.45) is -0.997. The predicted octanol–water partition coefficient (Wildman–Crippen LogP) is 3.95. The van der Waals surface area contributed by atoms with Crippen molar-refractivity contribution in [2.75, 3.05) is 0 Å². The molecule has 2 rings (SSSR count). The molecule has 0 heterocycles. The highest BCUT2D eigenvalue weighted by molar-refractivity contribution is 5.65. The molecule has 0 saturated heterocycles. The van der Waals surface area contributed by atoms with E-state index >= 15 is 0 Å². The van der Waals surface area contributed by atoms with Gasteiger partial charge in [-0.15, -0.1) is 0 Å². The third kappa shape index (κ3) is 4.38. The van der Waals surface area contributed by atoms with Crippen LogP contribution in [0.15, 0.2) is 61.2 Å². The second-order valence-corrected chi connectivity index (χ2v) is 4.69. The van der Waals surface area contributed by atoms with Gasteiger partial charge in [0.25, 0.3) is 11.4 Å². The highest BCUT2D eigenvalue weighted by Gasteiger charge is 2.23. The average molecular weight is 344 g/mol. The van der Waals surface area contributed by atoms with Gasteiger partial charge < -0.3 is 9.47 Å². The van der Waals surface area contributed by atoms with E-state index in [1.165, 1.54) is 36.4 Å². The number of nitro benzene ring substituents is 2. The number of para-hydroxylation sites is 1. The van der Waals surface area contributed by atoms with E-state index in [4.69, 9.17) is 9.47 Å². The van der Waals surface area contributed by atoms with Crippen LogP contribution in [0.3, 0.4) is 0 Å². The normalized spacial score (nSPS) is 11.2. The maximum absolute atomic E-state index is 11.9. The van der Waals surface area contributed by atoms with E-state index in [1.54, 1.807) is 6.07 Å². The van der Waals surface area contributed by atoms with Crippen LogP contribution in [-0.2, 0) is 4.74 Å². The van der Waals surface area contributed by atoms with Gasteiger partial charge in [-0.2, -0.15) is 0 Å². The van der Waals surface area contributed by atoms with E-state index in [2.05, 4.69) is 6.58 Å². The molecule has 0 bridgehead atoms. The molecule has 9 heteroatoms. The number of carbonyl (C=O) groups is 1. The van der Waals surface area contributed by atoms with E-state index in [1.807, 2.05) is 0 Å². The van der Waals surface area contributed by atoms with Gasteiger partial charge in [0.15, 0.2) is 6.10 Å². The van der Waals surface area contributed by atoms with Crippen LogP contribution in [-0.4, -0.2) is 16.0 Å². The van der Waals surface area contributed by atoms with Crippen LogP contribution < -0.4 is 4.74 Å². The summed E-state index contributed by atoms with van der Waals surface area (Å²) in [5, 5.41) is 21.6. The van der Waals surface area contributed by atoms with Crippen LogP contribution in [0, 0.1) is 20.2 Å². The first-order valence-electron chi connectivity index (χ1n) is 6.91. The van der Waals surface area contributed by atoms with Crippen LogP contribution in [0.5, 0.6) is 5.75 Å². The summed E-state index contributed by atoms with van der Waals surface area (Å²) in [4.78, 5) is 32.3. The van der Waals surface area contributed by atoms with Gasteiger partial charge in [-0.1, -0.05) is 18.7 Å². The molecule has 0 N–H and O–H groups in total. The molecule has 25 heavy (non-hydrogen) atoms. The van der Waals surface area contributed by atoms with Crippen molar-refractivity contribution in [3.63, 3.8) is 0 Å². The minimum Gasteiger partial charge on any atom is -0.421 e. The Morgan fingerprint density at radius 2 is 1.68 bits per heavy atom. The van der Waals surface area contributed by atoms with Gasteiger partial charge in [-0.05, 0) is 24.3 Å². The third-order valence-corrected chi connectivity index (χ3v) is 3.13. The molecule has 128 valence electrons. The Bertz CT molecular complexity index is 817. The van der Waals surface area contributed by atoms with Crippen molar-refractivity contribution in [3.05, 3.63) is 87.0 Å². The molecule has 9 nitrogen and oxygen atoms in total. The summed E-state index contributed by atoms with van der Waals surface area (Å²) in [7, 11) is 0. The van der Waals surface area contributed by atoms with Crippen molar-refractivity contribution in [3.8, 4) is 5.75 Å². The van der Waals surface area contributed by atoms with Crippen molar-refractivity contribution in [1.29, 1.82) is 0 Å². The largest absolute Gasteiger partial charge is 0.514 e. The summed E-state index contributed by atoms with van der Waals surface area (Å²) in [5.74, 6) is 0.0287. The Morgan fingerprint density at radius 1 is 1.04 bits per heavy atom. The van der Waals surface area contributed by atoms with Crippen molar-refractivity contribution < 1.29 is 24.1 Å². The maximum Gasteiger partial charge on any atom is 0.514 e. The van der Waals surface area contributed by atoms with Gasteiger partial charge in [0.05, 0.1) is 15.4 Å². The van der Waals surface area contributed by atoms with Crippen molar-refractivity contribution in [2.45, 2.75) is 6.10 Å². The standard InChI is InChI=1S/C16H12N2O7/c1-2-15(13-5-3-4-6-14(13)18(22)23)25-16(19)24-12-9-7-11(8-10-12)17(20)21/h2-10,15H,1H2. The van der Waals surface area contributed by atoms with E-state index in [0.717, 1.165) is 12.1 Å². The smallest absolute Gasteiger partial charge is 0.421 e. The lowest BCUT2D eigenvalue weighted by atomic mass is 10.1. The van der Waals surface area contributed by atoms with Crippen LogP contribution in [0.1, 0.15) is 11.7 Å². The van der Waals surface area contributed by atoms with Crippen LogP contribution in [0.25, 0.3) is 0 Å². The summed E-state index contributed by atoms with van der Waals surface area (Å²) in [6, 6.07) is 10.5. The molecule has 0 aromatic heterocycles. The molecule has 1 atom stereocenters. The second-order valence-electron chi connectivity index (χ2n) is 4.69. The Morgan fingerprint density at radius 3 is 2.24 bits per heavy atom. The number of nitrogens with zero attached hydrogens (tertiary/aromatic N) is 2. The zero-order valence-electron chi connectivity index (χ0n) is 12.7. The number of non-ortho nitro benzene ring substituents is 1. The predicted molar refractivity (Wildman–Crippen MR) is 86.2 cm³/mol. The van der Waals surface area contributed by atoms with Crippen molar-refractivity contribution in [1.82, 2.24) is 0 Å². The fourth-order valence-corrected chi connectivity index (χ4v) is 1.99. The highest BCUT2D eigenvalue weighted by atomic mass is 16.7. The Balaban J connectivity index is 2.11. The molecule has 2 aromatic rings. The number of rotatable bonds is 6. The molecular formula is C16H12N2O7. The molecule has 2 aromatic carbocycles.